The van der Waals surface area contributed by atoms with E-state index in [4.69, 9.17) is 11.6 Å². The molecule has 0 fully saturated rings. The lowest BCUT2D eigenvalue weighted by molar-refractivity contribution is -0.384. The van der Waals surface area contributed by atoms with Crippen molar-refractivity contribution in [2.45, 2.75) is 17.2 Å². The zero-order chi connectivity index (χ0) is 20.1. The average molecular weight is 414 g/mol. The minimum absolute atomic E-state index is 0.147. The molecule has 28 heavy (non-hydrogen) atoms. The minimum atomic E-state index is -0.686. The summed E-state index contributed by atoms with van der Waals surface area (Å²) >= 11 is 7.39. The Morgan fingerprint density at radius 2 is 1.93 bits per heavy atom. The molecule has 1 unspecified atom stereocenters. The Labute approximate surface area is 171 Å². The first kappa shape index (κ1) is 19.9. The molecule has 3 aromatic rings. The van der Waals surface area contributed by atoms with Gasteiger partial charge in [-0.25, -0.2) is 4.98 Å². The number of nitro benzene ring substituents is 1. The molecule has 6 nitrogen and oxygen atoms in total. The number of anilines is 1. The highest BCUT2D eigenvalue weighted by molar-refractivity contribution is 8.00. The number of benzene rings is 2. The molecule has 2 aromatic carbocycles. The third kappa shape index (κ3) is 4.68. The van der Waals surface area contributed by atoms with Crippen LogP contribution in [-0.4, -0.2) is 15.8 Å². The molecular weight excluding hydrogens is 398 g/mol. The number of amides is 1. The maximum absolute atomic E-state index is 13.1. The van der Waals surface area contributed by atoms with Crippen LogP contribution in [-0.2, 0) is 4.79 Å². The van der Waals surface area contributed by atoms with Crippen molar-refractivity contribution in [1.82, 2.24) is 4.98 Å². The van der Waals surface area contributed by atoms with Crippen LogP contribution in [0.4, 0.5) is 11.4 Å². The molecule has 3 rings (SSSR count). The van der Waals surface area contributed by atoms with E-state index in [1.54, 1.807) is 31.3 Å². The van der Waals surface area contributed by atoms with Crippen LogP contribution in [0.2, 0.25) is 5.02 Å². The molecule has 0 aliphatic carbocycles. The van der Waals surface area contributed by atoms with Gasteiger partial charge in [0.25, 0.3) is 5.69 Å². The fraction of sp³-hybridized carbons (Fsp3) is 0.100. The number of pyridine rings is 1. The smallest absolute Gasteiger partial charge is 0.293 e. The van der Waals surface area contributed by atoms with E-state index in [1.165, 1.54) is 23.9 Å². The number of nitrogens with zero attached hydrogens (tertiary/aromatic N) is 2. The van der Waals surface area contributed by atoms with Gasteiger partial charge < -0.3 is 5.32 Å². The summed E-state index contributed by atoms with van der Waals surface area (Å²) in [6.45, 7) is 1.75. The van der Waals surface area contributed by atoms with Crippen LogP contribution in [0, 0.1) is 17.0 Å². The van der Waals surface area contributed by atoms with Gasteiger partial charge in [-0.2, -0.15) is 0 Å². The zero-order valence-corrected chi connectivity index (χ0v) is 16.4. The molecule has 0 aliphatic heterocycles. The molecule has 0 saturated carbocycles. The van der Waals surface area contributed by atoms with Gasteiger partial charge in [-0.3, -0.25) is 14.9 Å². The molecular formula is C20H16ClN3O3S. The van der Waals surface area contributed by atoms with Gasteiger partial charge in [0.1, 0.15) is 16.0 Å². The molecule has 1 N–H and O–H groups in total. The van der Waals surface area contributed by atoms with E-state index in [0.29, 0.717) is 10.0 Å². The highest BCUT2D eigenvalue weighted by Gasteiger charge is 2.26. The monoisotopic (exact) mass is 413 g/mol. The number of aryl methyl sites for hydroxylation is 1. The van der Waals surface area contributed by atoms with Gasteiger partial charge in [0.05, 0.1) is 9.95 Å². The second kappa shape index (κ2) is 8.86. The molecule has 0 bridgehead atoms. The third-order valence-corrected chi connectivity index (χ3v) is 5.59. The number of aromatic nitrogens is 1. The Bertz CT molecular complexity index is 1010. The van der Waals surface area contributed by atoms with Crippen molar-refractivity contribution in [3.63, 3.8) is 0 Å². The maximum atomic E-state index is 13.1. The lowest BCUT2D eigenvalue weighted by Gasteiger charge is -2.17. The van der Waals surface area contributed by atoms with Gasteiger partial charge in [-0.15, -0.1) is 0 Å². The summed E-state index contributed by atoms with van der Waals surface area (Å²) in [4.78, 5) is 28.1. The second-order valence-corrected chi connectivity index (χ2v) is 7.47. The van der Waals surface area contributed by atoms with Gasteiger partial charge in [-0.05, 0) is 36.2 Å². The molecule has 0 spiro atoms. The summed E-state index contributed by atoms with van der Waals surface area (Å²) in [5.41, 5.74) is 1.47. The Kier molecular flexibility index (Phi) is 6.28. The lowest BCUT2D eigenvalue weighted by atomic mass is 10.1. The van der Waals surface area contributed by atoms with Gasteiger partial charge in [0, 0.05) is 12.3 Å². The summed E-state index contributed by atoms with van der Waals surface area (Å²) in [6, 6.07) is 17.2. The Hall–Kier alpha value is -2.90. The molecule has 1 atom stereocenters. The number of hydrogen-bond acceptors (Lipinski definition) is 5. The number of hydrogen-bond donors (Lipinski definition) is 1. The molecule has 0 saturated heterocycles. The predicted molar refractivity (Wildman–Crippen MR) is 111 cm³/mol. The van der Waals surface area contributed by atoms with E-state index in [9.17, 15) is 14.9 Å². The Morgan fingerprint density at radius 3 is 2.61 bits per heavy atom. The number of carbonyl (C=O) groups is 1. The Balaban J connectivity index is 1.94. The van der Waals surface area contributed by atoms with E-state index < -0.39 is 16.1 Å². The molecule has 142 valence electrons. The van der Waals surface area contributed by atoms with Crippen LogP contribution in [0.3, 0.4) is 0 Å². The first-order valence-electron chi connectivity index (χ1n) is 8.33. The van der Waals surface area contributed by atoms with Crippen molar-refractivity contribution in [2.24, 2.45) is 0 Å². The quantitative estimate of drug-likeness (QED) is 0.331. The van der Waals surface area contributed by atoms with Gasteiger partial charge in [0.2, 0.25) is 5.91 Å². The summed E-state index contributed by atoms with van der Waals surface area (Å²) in [6.07, 6.45) is 1.60. The molecule has 0 aliphatic rings. The maximum Gasteiger partial charge on any atom is 0.293 e. The van der Waals surface area contributed by atoms with Crippen LogP contribution < -0.4 is 5.32 Å². The molecule has 0 radical (unpaired) electrons. The van der Waals surface area contributed by atoms with Gasteiger partial charge in [-0.1, -0.05) is 59.8 Å². The predicted octanol–water partition coefficient (Wildman–Crippen LogP) is 5.42. The fourth-order valence-corrected chi connectivity index (χ4v) is 3.81. The van der Waals surface area contributed by atoms with E-state index in [0.717, 1.165) is 11.1 Å². The third-order valence-electron chi connectivity index (χ3n) is 3.90. The van der Waals surface area contributed by atoms with Crippen LogP contribution in [0.25, 0.3) is 0 Å². The van der Waals surface area contributed by atoms with Crippen molar-refractivity contribution in [3.05, 3.63) is 93.1 Å². The van der Waals surface area contributed by atoms with E-state index in [-0.39, 0.29) is 11.4 Å². The van der Waals surface area contributed by atoms with E-state index >= 15 is 0 Å². The van der Waals surface area contributed by atoms with Gasteiger partial charge >= 0.3 is 0 Å². The number of nitrogens with one attached hydrogen (secondary N) is 1. The SMILES string of the molecule is Cc1ccc(NC(=O)C(Sc2ncccc2Cl)c2ccccc2)c([N+](=O)[O-])c1. The molecule has 1 amide bonds. The van der Waals surface area contributed by atoms with Crippen LogP contribution in [0.5, 0.6) is 0 Å². The van der Waals surface area contributed by atoms with Gasteiger partial charge in [0.15, 0.2) is 0 Å². The summed E-state index contributed by atoms with van der Waals surface area (Å²) in [5, 5.41) is 14.3. The number of carbonyl (C=O) groups excluding carboxylic acids is 1. The first-order chi connectivity index (χ1) is 13.5. The first-order valence-corrected chi connectivity index (χ1v) is 9.59. The van der Waals surface area contributed by atoms with Crippen molar-refractivity contribution >= 4 is 40.6 Å². The second-order valence-electron chi connectivity index (χ2n) is 5.97. The van der Waals surface area contributed by atoms with E-state index in [2.05, 4.69) is 10.3 Å². The summed E-state index contributed by atoms with van der Waals surface area (Å²) < 4.78 is 0. The standard InChI is InChI=1S/C20H16ClN3O3S/c1-13-9-10-16(17(12-13)24(26)27)23-19(25)18(14-6-3-2-4-7-14)28-20-15(21)8-5-11-22-20/h2-12,18H,1H3,(H,23,25). The molecule has 8 heteroatoms. The van der Waals surface area contributed by atoms with Crippen LogP contribution >= 0.6 is 23.4 Å². The normalized spacial score (nSPS) is 11.6. The van der Waals surface area contributed by atoms with Crippen molar-refractivity contribution in [1.29, 1.82) is 0 Å². The van der Waals surface area contributed by atoms with E-state index in [1.807, 2.05) is 30.3 Å². The highest BCUT2D eigenvalue weighted by atomic mass is 35.5. The fourth-order valence-electron chi connectivity index (χ4n) is 2.57. The van der Waals surface area contributed by atoms with Crippen LogP contribution in [0.15, 0.2) is 71.9 Å². The number of thioether (sulfide) groups is 1. The number of rotatable bonds is 6. The average Bonchev–Trinajstić information content (AvgIpc) is 2.69. The number of nitro groups is 1. The van der Waals surface area contributed by atoms with Crippen LogP contribution in [0.1, 0.15) is 16.4 Å². The minimum Gasteiger partial charge on any atom is -0.319 e. The molecule has 1 aromatic heterocycles. The topological polar surface area (TPSA) is 85.1 Å². The summed E-state index contributed by atoms with van der Waals surface area (Å²) in [5.74, 6) is -0.398. The van der Waals surface area contributed by atoms with Crippen molar-refractivity contribution in [3.8, 4) is 0 Å². The number of halogens is 1. The largest absolute Gasteiger partial charge is 0.319 e. The highest BCUT2D eigenvalue weighted by Crippen LogP contribution is 2.38. The van der Waals surface area contributed by atoms with Crippen molar-refractivity contribution in [2.75, 3.05) is 5.32 Å². The molecule has 1 heterocycles. The lowest BCUT2D eigenvalue weighted by Crippen LogP contribution is -2.20. The Morgan fingerprint density at radius 1 is 1.18 bits per heavy atom. The zero-order valence-electron chi connectivity index (χ0n) is 14.8. The summed E-state index contributed by atoms with van der Waals surface area (Å²) in [7, 11) is 0. The van der Waals surface area contributed by atoms with Crippen molar-refractivity contribution < 1.29 is 9.72 Å².